The number of hydrogen-bond acceptors (Lipinski definition) is 1. The maximum atomic E-state index is 5.48. The van der Waals surface area contributed by atoms with Crippen molar-refractivity contribution in [2.24, 2.45) is 33.2 Å². The maximum absolute atomic E-state index is 5.48. The average Bonchev–Trinajstić information content (AvgIpc) is 2.35. The molecule has 0 radical (unpaired) electrons. The highest BCUT2D eigenvalue weighted by Crippen LogP contribution is 2.66. The van der Waals surface area contributed by atoms with Crippen LogP contribution in [0, 0.1) is 16.7 Å². The van der Waals surface area contributed by atoms with E-state index in [0.29, 0.717) is 16.9 Å². The molecule has 0 aliphatic heterocycles. The number of fused-ring (bicyclic) bond motifs is 2. The summed E-state index contributed by atoms with van der Waals surface area (Å²) in [5.74, 6) is 1.06. The topological polar surface area (TPSA) is 64.4 Å². The average molecular weight is 195 g/mol. The van der Waals surface area contributed by atoms with Gasteiger partial charge in [0.15, 0.2) is 5.96 Å². The zero-order valence-electron chi connectivity index (χ0n) is 9.38. The third-order valence-corrected chi connectivity index (χ3v) is 5.05. The lowest BCUT2D eigenvalue weighted by molar-refractivity contribution is 0.137. The largest absolute Gasteiger partial charge is 0.370 e. The molecule has 3 nitrogen and oxygen atoms in total. The fourth-order valence-electron chi connectivity index (χ4n) is 3.54. The minimum Gasteiger partial charge on any atom is -0.370 e. The number of rotatable bonds is 1. The van der Waals surface area contributed by atoms with E-state index in [9.17, 15) is 0 Å². The Bertz CT molecular complexity index is 278. The first-order chi connectivity index (χ1) is 6.38. The summed E-state index contributed by atoms with van der Waals surface area (Å²) in [5.41, 5.74) is 11.7. The smallest absolute Gasteiger partial charge is 0.186 e. The van der Waals surface area contributed by atoms with E-state index in [1.807, 2.05) is 0 Å². The van der Waals surface area contributed by atoms with Gasteiger partial charge >= 0.3 is 0 Å². The molecule has 3 atom stereocenters. The van der Waals surface area contributed by atoms with E-state index in [1.54, 1.807) is 0 Å². The van der Waals surface area contributed by atoms with Gasteiger partial charge in [0.2, 0.25) is 0 Å². The molecule has 3 unspecified atom stereocenters. The first kappa shape index (κ1) is 9.81. The normalized spacial score (nSPS) is 43.9. The summed E-state index contributed by atoms with van der Waals surface area (Å²) in [7, 11) is 0. The van der Waals surface area contributed by atoms with Gasteiger partial charge in [-0.2, -0.15) is 0 Å². The van der Waals surface area contributed by atoms with Crippen LogP contribution in [0.25, 0.3) is 0 Å². The lowest BCUT2D eigenvalue weighted by atomic mass is 9.69. The molecule has 2 aliphatic carbocycles. The summed E-state index contributed by atoms with van der Waals surface area (Å²) < 4.78 is 0. The third kappa shape index (κ3) is 1.01. The molecule has 0 aromatic rings. The Kier molecular flexibility index (Phi) is 1.85. The van der Waals surface area contributed by atoms with E-state index >= 15 is 0 Å². The molecule has 2 bridgehead atoms. The predicted molar refractivity (Wildman–Crippen MR) is 58.8 cm³/mol. The predicted octanol–water partition coefficient (Wildman–Crippen LogP) is 1.47. The number of nitrogens with zero attached hydrogens (tertiary/aromatic N) is 1. The summed E-state index contributed by atoms with van der Waals surface area (Å²) in [6.07, 6.45) is 3.79. The van der Waals surface area contributed by atoms with E-state index in [1.165, 1.54) is 19.3 Å². The highest BCUT2D eigenvalue weighted by molar-refractivity contribution is 5.76. The molecule has 2 aliphatic rings. The van der Waals surface area contributed by atoms with E-state index < -0.39 is 0 Å². The Labute approximate surface area is 86.0 Å². The van der Waals surface area contributed by atoms with Crippen LogP contribution in [-0.2, 0) is 0 Å². The van der Waals surface area contributed by atoms with Crippen LogP contribution >= 0.6 is 0 Å². The van der Waals surface area contributed by atoms with Crippen LogP contribution in [-0.4, -0.2) is 12.0 Å². The van der Waals surface area contributed by atoms with Gasteiger partial charge in [0, 0.05) is 0 Å². The highest BCUT2D eigenvalue weighted by atomic mass is 15.0. The summed E-state index contributed by atoms with van der Waals surface area (Å²) in [4.78, 5) is 4.40. The summed E-state index contributed by atoms with van der Waals surface area (Å²) in [6, 6.07) is 0.348. The van der Waals surface area contributed by atoms with E-state index in [2.05, 4.69) is 25.8 Å². The molecule has 0 aromatic heterocycles. The number of nitrogens with two attached hydrogens (primary N) is 2. The first-order valence-corrected chi connectivity index (χ1v) is 5.46. The molecule has 0 spiro atoms. The van der Waals surface area contributed by atoms with Crippen molar-refractivity contribution in [2.45, 2.75) is 46.1 Å². The van der Waals surface area contributed by atoms with Crippen molar-refractivity contribution in [2.75, 3.05) is 0 Å². The lowest BCUT2D eigenvalue weighted by Crippen LogP contribution is -2.37. The van der Waals surface area contributed by atoms with Crippen molar-refractivity contribution in [3.8, 4) is 0 Å². The van der Waals surface area contributed by atoms with Crippen molar-refractivity contribution in [3.63, 3.8) is 0 Å². The molecule has 2 fully saturated rings. The molecule has 3 heteroatoms. The molecule has 4 N–H and O–H groups in total. The quantitative estimate of drug-likeness (QED) is 0.491. The fraction of sp³-hybridized carbons (Fsp3) is 0.909. The van der Waals surface area contributed by atoms with Crippen LogP contribution in [0.15, 0.2) is 4.99 Å². The van der Waals surface area contributed by atoms with Gasteiger partial charge in [-0.3, -0.25) is 0 Å². The number of aliphatic imine (C=N–C) groups is 1. The van der Waals surface area contributed by atoms with Gasteiger partial charge in [-0.15, -0.1) is 0 Å². The molecule has 0 heterocycles. The minimum atomic E-state index is 0.250. The Balaban J connectivity index is 2.32. The molecule has 14 heavy (non-hydrogen) atoms. The Morgan fingerprint density at radius 2 is 1.93 bits per heavy atom. The molecule has 80 valence electrons. The van der Waals surface area contributed by atoms with E-state index in [4.69, 9.17) is 11.5 Å². The summed E-state index contributed by atoms with van der Waals surface area (Å²) in [6.45, 7) is 7.08. The molecular weight excluding hydrogens is 174 g/mol. The van der Waals surface area contributed by atoms with Gasteiger partial charge in [0.25, 0.3) is 0 Å². The Hall–Kier alpha value is -0.730. The second-order valence-electron chi connectivity index (χ2n) is 5.68. The molecule has 2 rings (SSSR count). The van der Waals surface area contributed by atoms with Gasteiger partial charge in [0.05, 0.1) is 6.04 Å². The second-order valence-corrected chi connectivity index (χ2v) is 5.68. The standard InChI is InChI=1S/C11H21N3/c1-10(2)7-4-5-11(10,3)8(6-7)14-9(12)13/h7-8H,4-6H2,1-3H3,(H4,12,13,14). The highest BCUT2D eigenvalue weighted by Gasteiger charge is 2.61. The minimum absolute atomic E-state index is 0.250. The third-order valence-electron chi connectivity index (χ3n) is 5.05. The fourth-order valence-corrected chi connectivity index (χ4v) is 3.54. The zero-order chi connectivity index (χ0) is 10.6. The van der Waals surface area contributed by atoms with Gasteiger partial charge in [0.1, 0.15) is 0 Å². The van der Waals surface area contributed by atoms with Gasteiger partial charge in [-0.1, -0.05) is 20.8 Å². The molecule has 2 saturated carbocycles. The van der Waals surface area contributed by atoms with Gasteiger partial charge in [-0.05, 0) is 36.0 Å². The monoisotopic (exact) mass is 195 g/mol. The van der Waals surface area contributed by atoms with E-state index in [-0.39, 0.29) is 5.96 Å². The van der Waals surface area contributed by atoms with E-state index in [0.717, 1.165) is 5.92 Å². The van der Waals surface area contributed by atoms with Crippen molar-refractivity contribution in [1.29, 1.82) is 0 Å². The molecule has 0 amide bonds. The molecule has 0 saturated heterocycles. The Morgan fingerprint density at radius 3 is 2.29 bits per heavy atom. The second kappa shape index (κ2) is 2.65. The Morgan fingerprint density at radius 1 is 1.29 bits per heavy atom. The van der Waals surface area contributed by atoms with Crippen LogP contribution < -0.4 is 11.5 Å². The summed E-state index contributed by atoms with van der Waals surface area (Å²) in [5, 5.41) is 0. The van der Waals surface area contributed by atoms with Gasteiger partial charge < -0.3 is 11.5 Å². The van der Waals surface area contributed by atoms with Crippen LogP contribution in [0.4, 0.5) is 0 Å². The first-order valence-electron chi connectivity index (χ1n) is 5.46. The van der Waals surface area contributed by atoms with Crippen molar-refractivity contribution < 1.29 is 0 Å². The van der Waals surface area contributed by atoms with Crippen molar-refractivity contribution in [3.05, 3.63) is 0 Å². The number of hydrogen-bond donors (Lipinski definition) is 2. The van der Waals surface area contributed by atoms with Crippen molar-refractivity contribution >= 4 is 5.96 Å². The van der Waals surface area contributed by atoms with Crippen LogP contribution in [0.1, 0.15) is 40.0 Å². The molecular formula is C11H21N3. The maximum Gasteiger partial charge on any atom is 0.186 e. The zero-order valence-corrected chi connectivity index (χ0v) is 9.38. The van der Waals surface area contributed by atoms with Crippen LogP contribution in [0.3, 0.4) is 0 Å². The van der Waals surface area contributed by atoms with Gasteiger partial charge in [-0.25, -0.2) is 4.99 Å². The van der Waals surface area contributed by atoms with Crippen LogP contribution in [0.5, 0.6) is 0 Å². The van der Waals surface area contributed by atoms with Crippen molar-refractivity contribution in [1.82, 2.24) is 0 Å². The lowest BCUT2D eigenvalue weighted by Gasteiger charge is -2.37. The summed E-state index contributed by atoms with van der Waals surface area (Å²) >= 11 is 0. The number of guanidine groups is 1. The van der Waals surface area contributed by atoms with Crippen LogP contribution in [0.2, 0.25) is 0 Å². The molecule has 0 aromatic carbocycles. The SMILES string of the molecule is CC1(C)C2CCC1(C)C(N=C(N)N)C2.